The molecule has 0 unspecified atom stereocenters. The lowest BCUT2D eigenvalue weighted by Gasteiger charge is -2.24. The summed E-state index contributed by atoms with van der Waals surface area (Å²) in [6.07, 6.45) is 1.86. The first kappa shape index (κ1) is 12.3. The van der Waals surface area contributed by atoms with Crippen molar-refractivity contribution in [2.45, 2.75) is 49.7 Å². The highest BCUT2D eigenvalue weighted by Gasteiger charge is 2.75. The van der Waals surface area contributed by atoms with E-state index in [0.29, 0.717) is 24.8 Å². The van der Waals surface area contributed by atoms with E-state index in [2.05, 4.69) is 4.98 Å². The highest BCUT2D eigenvalue weighted by Crippen LogP contribution is 2.65. The largest absolute Gasteiger partial charge is 0.387 e. The van der Waals surface area contributed by atoms with E-state index in [0.717, 1.165) is 0 Å². The summed E-state index contributed by atoms with van der Waals surface area (Å²) in [5.74, 6) is 0.325. The van der Waals surface area contributed by atoms with Crippen LogP contribution in [0.4, 0.5) is 5.82 Å². The number of hydrogen-bond acceptors (Lipinski definition) is 6. The molecule has 108 valence electrons. The summed E-state index contributed by atoms with van der Waals surface area (Å²) < 4.78 is 7.14. The summed E-state index contributed by atoms with van der Waals surface area (Å²) in [6.45, 7) is 1.76. The van der Waals surface area contributed by atoms with Crippen molar-refractivity contribution in [3.63, 3.8) is 0 Å². The monoisotopic (exact) mass is 279 g/mol. The first-order valence-electron chi connectivity index (χ1n) is 6.79. The third-order valence-corrected chi connectivity index (χ3v) is 4.97. The third-order valence-electron chi connectivity index (χ3n) is 4.97. The Kier molecular flexibility index (Phi) is 2.10. The second-order valence-corrected chi connectivity index (χ2v) is 6.37. The van der Waals surface area contributed by atoms with Crippen molar-refractivity contribution in [1.82, 2.24) is 9.55 Å². The zero-order valence-corrected chi connectivity index (χ0v) is 11.1. The number of anilines is 1. The Morgan fingerprint density at radius 2 is 2.20 bits per heavy atom. The number of hydrogen-bond donors (Lipinski definition) is 3. The van der Waals surface area contributed by atoms with E-state index >= 15 is 0 Å². The molecule has 0 radical (unpaired) electrons. The molecule has 2 saturated carbocycles. The molecule has 1 saturated heterocycles. The lowest BCUT2D eigenvalue weighted by atomic mass is 9.92. The van der Waals surface area contributed by atoms with Gasteiger partial charge >= 0.3 is 5.69 Å². The van der Waals surface area contributed by atoms with Crippen LogP contribution in [0.5, 0.6) is 0 Å². The van der Waals surface area contributed by atoms with Crippen molar-refractivity contribution in [2.75, 3.05) is 5.73 Å². The molecule has 0 bridgehead atoms. The van der Waals surface area contributed by atoms with E-state index in [4.69, 9.17) is 10.5 Å². The van der Waals surface area contributed by atoms with E-state index in [1.165, 1.54) is 4.57 Å². The predicted octanol–water partition coefficient (Wildman–Crippen LogP) is -0.693. The molecule has 4 N–H and O–H groups in total. The van der Waals surface area contributed by atoms with Crippen LogP contribution in [0.2, 0.25) is 0 Å². The molecular weight excluding hydrogens is 262 g/mol. The molecule has 20 heavy (non-hydrogen) atoms. The van der Waals surface area contributed by atoms with Crippen LogP contribution in [0.15, 0.2) is 11.0 Å². The van der Waals surface area contributed by atoms with Crippen molar-refractivity contribution >= 4 is 5.82 Å². The van der Waals surface area contributed by atoms with Gasteiger partial charge in [0.1, 0.15) is 18.1 Å². The van der Waals surface area contributed by atoms with E-state index < -0.39 is 29.2 Å². The van der Waals surface area contributed by atoms with Gasteiger partial charge in [0, 0.05) is 18.2 Å². The molecule has 4 rings (SSSR count). The highest BCUT2D eigenvalue weighted by molar-refractivity contribution is 5.35. The number of aliphatic hydroxyl groups is 2. The molecular formula is C13H17N3O4. The van der Waals surface area contributed by atoms with E-state index in [1.54, 1.807) is 13.1 Å². The fourth-order valence-electron chi connectivity index (χ4n) is 3.80. The molecule has 1 aromatic rings. The van der Waals surface area contributed by atoms with Crippen molar-refractivity contribution in [1.29, 1.82) is 0 Å². The van der Waals surface area contributed by atoms with Gasteiger partial charge in [-0.2, -0.15) is 4.98 Å². The second kappa shape index (κ2) is 3.41. The summed E-state index contributed by atoms with van der Waals surface area (Å²) in [7, 11) is 0. The number of fused-ring (bicyclic) bond motifs is 3. The smallest absolute Gasteiger partial charge is 0.351 e. The molecule has 3 fully saturated rings. The van der Waals surface area contributed by atoms with Crippen molar-refractivity contribution < 1.29 is 14.9 Å². The zero-order valence-electron chi connectivity index (χ0n) is 11.1. The summed E-state index contributed by atoms with van der Waals surface area (Å²) in [6, 6.07) is 0. The summed E-state index contributed by atoms with van der Waals surface area (Å²) in [5.41, 5.74) is 3.83. The Hall–Kier alpha value is -1.44. The molecule has 2 aliphatic carbocycles. The van der Waals surface area contributed by atoms with Gasteiger partial charge in [0.05, 0.1) is 11.2 Å². The number of nitrogen functional groups attached to an aromatic ring is 1. The molecule has 1 aromatic heterocycles. The van der Waals surface area contributed by atoms with Gasteiger partial charge in [-0.15, -0.1) is 0 Å². The van der Waals surface area contributed by atoms with Gasteiger partial charge in [-0.3, -0.25) is 4.57 Å². The Bertz CT molecular complexity index is 660. The Labute approximate surface area is 115 Å². The topological polar surface area (TPSA) is 111 Å². The summed E-state index contributed by atoms with van der Waals surface area (Å²) >= 11 is 0. The SMILES string of the molecule is Cc1cn([C@H]2C[C@@]3(O)C[C@@H]4C[C@]4(O)[C@H]3O2)c(=O)nc1N. The molecule has 0 aromatic carbocycles. The van der Waals surface area contributed by atoms with Gasteiger partial charge in [0.25, 0.3) is 0 Å². The average Bonchev–Trinajstić information content (AvgIpc) is 2.76. The number of aryl methyl sites for hydroxylation is 1. The molecule has 0 spiro atoms. The minimum absolute atomic E-state index is 0.126. The molecule has 7 heteroatoms. The Morgan fingerprint density at radius 3 is 2.90 bits per heavy atom. The molecule has 1 aliphatic heterocycles. The average molecular weight is 279 g/mol. The highest BCUT2D eigenvalue weighted by atomic mass is 16.6. The van der Waals surface area contributed by atoms with E-state index in [9.17, 15) is 15.0 Å². The fourth-order valence-corrected chi connectivity index (χ4v) is 3.80. The van der Waals surface area contributed by atoms with Crippen LogP contribution in [0.25, 0.3) is 0 Å². The predicted molar refractivity (Wildman–Crippen MR) is 68.8 cm³/mol. The number of nitrogens with two attached hydrogens (primary N) is 1. The van der Waals surface area contributed by atoms with Gasteiger partial charge in [-0.1, -0.05) is 0 Å². The second-order valence-electron chi connectivity index (χ2n) is 6.37. The lowest BCUT2D eigenvalue weighted by Crippen LogP contribution is -2.41. The van der Waals surface area contributed by atoms with Crippen molar-refractivity contribution in [2.24, 2.45) is 5.92 Å². The maximum Gasteiger partial charge on any atom is 0.351 e. The third kappa shape index (κ3) is 1.40. The quantitative estimate of drug-likeness (QED) is 0.627. The van der Waals surface area contributed by atoms with Crippen LogP contribution in [0.3, 0.4) is 0 Å². The summed E-state index contributed by atoms with van der Waals surface area (Å²) in [4.78, 5) is 15.7. The number of nitrogens with zero attached hydrogens (tertiary/aromatic N) is 2. The van der Waals surface area contributed by atoms with Gasteiger partial charge in [0.15, 0.2) is 0 Å². The van der Waals surface area contributed by atoms with Gasteiger partial charge in [0.2, 0.25) is 0 Å². The maximum absolute atomic E-state index is 11.9. The van der Waals surface area contributed by atoms with Gasteiger partial charge < -0.3 is 20.7 Å². The van der Waals surface area contributed by atoms with Crippen molar-refractivity contribution in [3.05, 3.63) is 22.2 Å². The van der Waals surface area contributed by atoms with Crippen LogP contribution in [-0.2, 0) is 4.74 Å². The van der Waals surface area contributed by atoms with E-state index in [-0.39, 0.29) is 11.7 Å². The van der Waals surface area contributed by atoms with Gasteiger partial charge in [-0.25, -0.2) is 4.79 Å². The Morgan fingerprint density at radius 1 is 1.45 bits per heavy atom. The number of ether oxygens (including phenoxy) is 1. The van der Waals surface area contributed by atoms with Crippen LogP contribution >= 0.6 is 0 Å². The van der Waals surface area contributed by atoms with Crippen LogP contribution in [0.1, 0.15) is 31.1 Å². The Balaban J connectivity index is 1.70. The van der Waals surface area contributed by atoms with Crippen LogP contribution in [-0.4, -0.2) is 37.1 Å². The fraction of sp³-hybridized carbons (Fsp3) is 0.692. The first-order chi connectivity index (χ1) is 9.33. The van der Waals surface area contributed by atoms with Crippen LogP contribution < -0.4 is 11.4 Å². The molecule has 0 amide bonds. The molecule has 7 nitrogen and oxygen atoms in total. The summed E-state index contributed by atoms with van der Waals surface area (Å²) in [5, 5.41) is 20.9. The molecule has 5 atom stereocenters. The zero-order chi connectivity index (χ0) is 14.3. The minimum Gasteiger partial charge on any atom is -0.387 e. The number of aromatic nitrogens is 2. The molecule has 3 aliphatic rings. The number of rotatable bonds is 1. The van der Waals surface area contributed by atoms with Crippen LogP contribution in [0, 0.1) is 12.8 Å². The first-order valence-corrected chi connectivity index (χ1v) is 6.79. The van der Waals surface area contributed by atoms with Gasteiger partial charge in [-0.05, 0) is 25.7 Å². The normalized spacial score (nSPS) is 45.2. The lowest BCUT2D eigenvalue weighted by molar-refractivity contribution is -0.108. The molecule has 2 heterocycles. The van der Waals surface area contributed by atoms with Crippen molar-refractivity contribution in [3.8, 4) is 0 Å². The maximum atomic E-state index is 11.9. The standard InChI is InChI=1S/C13H17N3O4/c1-6-5-16(11(17)15-9(6)14)8-4-12(18)2-7-3-13(7,19)10(12)20-8/h5,7-8,10,18-19H,2-4H2,1H3,(H2,14,15,17)/t7-,8-,10+,12+,13-/m1/s1. The van der Waals surface area contributed by atoms with E-state index in [1.807, 2.05) is 0 Å². The minimum atomic E-state index is -1.04.